The average molecular weight is 323 g/mol. The number of rotatable bonds is 6. The number of hydrogen-bond donors (Lipinski definition) is 1. The van der Waals surface area contributed by atoms with Crippen molar-refractivity contribution in [1.29, 1.82) is 0 Å². The first-order valence-corrected chi connectivity index (χ1v) is 6.63. The van der Waals surface area contributed by atoms with E-state index in [4.69, 9.17) is 4.74 Å². The lowest BCUT2D eigenvalue weighted by Gasteiger charge is -2.21. The molecule has 1 rings (SSSR count). The van der Waals surface area contributed by atoms with Crippen LogP contribution < -0.4 is 0 Å². The summed E-state index contributed by atoms with van der Waals surface area (Å²) in [6.45, 7) is 1.96. The Hall–Kier alpha value is -0.520. The van der Waals surface area contributed by atoms with Gasteiger partial charge in [-0.2, -0.15) is 0 Å². The molecule has 0 spiro atoms. The van der Waals surface area contributed by atoms with E-state index >= 15 is 0 Å². The molecule has 0 aliphatic heterocycles. The van der Waals surface area contributed by atoms with Gasteiger partial charge in [0.15, 0.2) is 0 Å². The highest BCUT2D eigenvalue weighted by atomic mass is 79.9. The molecule has 0 bridgehead atoms. The van der Waals surface area contributed by atoms with Crippen molar-refractivity contribution in [3.63, 3.8) is 0 Å². The van der Waals surface area contributed by atoms with Gasteiger partial charge in [0.2, 0.25) is 0 Å². The molecule has 2 nitrogen and oxygen atoms in total. The van der Waals surface area contributed by atoms with Crippen LogP contribution in [0.2, 0.25) is 0 Å². The number of benzene rings is 1. The fraction of sp³-hybridized carbons (Fsp3) is 0.538. The minimum absolute atomic E-state index is 0.102. The summed E-state index contributed by atoms with van der Waals surface area (Å²) in [5.41, 5.74) is -0.116. The summed E-state index contributed by atoms with van der Waals surface area (Å²) in [7, 11) is 1.48. The molecular formula is C13H17BrF2O2. The predicted molar refractivity (Wildman–Crippen MR) is 69.5 cm³/mol. The Morgan fingerprint density at radius 1 is 1.39 bits per heavy atom. The summed E-state index contributed by atoms with van der Waals surface area (Å²) >= 11 is 3.00. The van der Waals surface area contributed by atoms with Crippen LogP contribution >= 0.6 is 15.9 Å². The molecule has 102 valence electrons. The van der Waals surface area contributed by atoms with Crippen molar-refractivity contribution < 1.29 is 18.6 Å². The van der Waals surface area contributed by atoms with Gasteiger partial charge in [-0.25, -0.2) is 8.78 Å². The Bertz CT molecular complexity index is 399. The van der Waals surface area contributed by atoms with Crippen LogP contribution in [-0.2, 0) is 11.2 Å². The van der Waals surface area contributed by atoms with Gasteiger partial charge in [-0.05, 0) is 34.5 Å². The Labute approximate surface area is 114 Å². The van der Waals surface area contributed by atoms with Crippen molar-refractivity contribution in [2.24, 2.45) is 0 Å². The third kappa shape index (κ3) is 3.73. The van der Waals surface area contributed by atoms with E-state index in [1.165, 1.54) is 19.2 Å². The summed E-state index contributed by atoms with van der Waals surface area (Å²) in [4.78, 5) is 0. The molecule has 0 aromatic heterocycles. The summed E-state index contributed by atoms with van der Waals surface area (Å²) in [6.07, 6.45) is 0.0461. The molecule has 18 heavy (non-hydrogen) atoms. The zero-order valence-electron chi connectivity index (χ0n) is 10.4. The molecule has 1 N–H and O–H groups in total. The Balaban J connectivity index is 2.87. The molecule has 0 fully saturated rings. The van der Waals surface area contributed by atoms with Gasteiger partial charge >= 0.3 is 0 Å². The monoisotopic (exact) mass is 322 g/mol. The summed E-state index contributed by atoms with van der Waals surface area (Å²) in [6, 6.07) is 2.48. The minimum Gasteiger partial charge on any atom is -0.390 e. The smallest absolute Gasteiger partial charge is 0.143 e. The van der Waals surface area contributed by atoms with Crippen LogP contribution in [0.1, 0.15) is 25.3 Å². The molecule has 0 heterocycles. The van der Waals surface area contributed by atoms with Crippen LogP contribution in [0.25, 0.3) is 0 Å². The highest BCUT2D eigenvalue weighted by Gasteiger charge is 2.22. The summed E-state index contributed by atoms with van der Waals surface area (Å²) in [5.74, 6) is -1.32. The topological polar surface area (TPSA) is 29.5 Å². The van der Waals surface area contributed by atoms with Crippen molar-refractivity contribution in [1.82, 2.24) is 0 Å². The van der Waals surface area contributed by atoms with Crippen molar-refractivity contribution in [2.75, 3.05) is 7.11 Å². The second-order valence-electron chi connectivity index (χ2n) is 4.16. The van der Waals surface area contributed by atoms with Gasteiger partial charge in [0.05, 0.1) is 16.7 Å². The van der Waals surface area contributed by atoms with E-state index < -0.39 is 23.8 Å². The van der Waals surface area contributed by atoms with Gasteiger partial charge in [-0.1, -0.05) is 13.3 Å². The van der Waals surface area contributed by atoms with Crippen LogP contribution in [0, 0.1) is 11.6 Å². The van der Waals surface area contributed by atoms with Crippen LogP contribution in [0.3, 0.4) is 0 Å². The summed E-state index contributed by atoms with van der Waals surface area (Å²) < 4.78 is 32.6. The summed E-state index contributed by atoms with van der Waals surface area (Å²) in [5, 5.41) is 9.96. The first-order chi connectivity index (χ1) is 8.51. The van der Waals surface area contributed by atoms with Crippen LogP contribution in [0.5, 0.6) is 0 Å². The van der Waals surface area contributed by atoms with E-state index in [0.29, 0.717) is 6.42 Å². The van der Waals surface area contributed by atoms with E-state index in [1.54, 1.807) is 0 Å². The van der Waals surface area contributed by atoms with Gasteiger partial charge in [0.25, 0.3) is 0 Å². The normalized spacial score (nSPS) is 14.6. The number of aliphatic hydroxyl groups excluding tert-OH is 1. The van der Waals surface area contributed by atoms with Gasteiger partial charge in [0, 0.05) is 19.1 Å². The average Bonchev–Trinajstić information content (AvgIpc) is 2.36. The second-order valence-corrected chi connectivity index (χ2v) is 5.01. The molecule has 1 aromatic rings. The van der Waals surface area contributed by atoms with Crippen LogP contribution in [0.4, 0.5) is 8.78 Å². The number of ether oxygens (including phenoxy) is 1. The molecule has 2 unspecified atom stereocenters. The lowest BCUT2D eigenvalue weighted by molar-refractivity contribution is -0.0166. The zero-order chi connectivity index (χ0) is 13.7. The third-order valence-electron chi connectivity index (χ3n) is 2.86. The van der Waals surface area contributed by atoms with Crippen molar-refractivity contribution in [2.45, 2.75) is 38.4 Å². The Kier molecular flexibility index (Phi) is 6.18. The van der Waals surface area contributed by atoms with Crippen LogP contribution in [-0.4, -0.2) is 24.4 Å². The molecule has 0 saturated heterocycles. The SMILES string of the molecule is CCCC(OC)C(O)Cc1c(F)ccc(Br)c1F. The molecule has 0 saturated carbocycles. The minimum atomic E-state index is -0.923. The van der Waals surface area contributed by atoms with Crippen molar-refractivity contribution >= 4 is 15.9 Å². The van der Waals surface area contributed by atoms with E-state index in [0.717, 1.165) is 6.42 Å². The maximum absolute atomic E-state index is 13.7. The van der Waals surface area contributed by atoms with Crippen LogP contribution in [0.15, 0.2) is 16.6 Å². The molecular weight excluding hydrogens is 306 g/mol. The largest absolute Gasteiger partial charge is 0.390 e. The lowest BCUT2D eigenvalue weighted by atomic mass is 10.00. The maximum Gasteiger partial charge on any atom is 0.143 e. The standard InChI is InChI=1S/C13H17BrF2O2/c1-3-4-12(18-2)11(17)7-8-10(15)6-5-9(14)13(8)16/h5-6,11-12,17H,3-4,7H2,1-2H3. The molecule has 5 heteroatoms. The quantitative estimate of drug-likeness (QED) is 0.813. The van der Waals surface area contributed by atoms with E-state index in [-0.39, 0.29) is 16.5 Å². The van der Waals surface area contributed by atoms with Crippen molar-refractivity contribution in [3.05, 3.63) is 33.8 Å². The molecule has 0 radical (unpaired) electrons. The lowest BCUT2D eigenvalue weighted by Crippen LogP contribution is -2.30. The Morgan fingerprint density at radius 2 is 2.06 bits per heavy atom. The molecule has 1 aromatic carbocycles. The van der Waals surface area contributed by atoms with Gasteiger partial charge in [-0.3, -0.25) is 0 Å². The molecule has 0 amide bonds. The van der Waals surface area contributed by atoms with E-state index in [1.807, 2.05) is 6.92 Å². The second kappa shape index (κ2) is 7.16. The van der Waals surface area contributed by atoms with Crippen molar-refractivity contribution in [3.8, 4) is 0 Å². The Morgan fingerprint density at radius 3 is 2.61 bits per heavy atom. The number of aliphatic hydroxyl groups is 1. The van der Waals surface area contributed by atoms with E-state index in [2.05, 4.69) is 15.9 Å². The molecule has 0 aliphatic rings. The van der Waals surface area contributed by atoms with Gasteiger partial charge in [0.1, 0.15) is 11.6 Å². The third-order valence-corrected chi connectivity index (χ3v) is 3.47. The number of halogens is 3. The zero-order valence-corrected chi connectivity index (χ0v) is 12.0. The first-order valence-electron chi connectivity index (χ1n) is 5.84. The number of hydrogen-bond acceptors (Lipinski definition) is 2. The predicted octanol–water partition coefficient (Wildman–Crippen LogP) is 3.45. The molecule has 2 atom stereocenters. The fourth-order valence-electron chi connectivity index (χ4n) is 1.85. The maximum atomic E-state index is 13.7. The van der Waals surface area contributed by atoms with E-state index in [9.17, 15) is 13.9 Å². The first kappa shape index (κ1) is 15.5. The van der Waals surface area contributed by atoms with Gasteiger partial charge in [-0.15, -0.1) is 0 Å². The fourth-order valence-corrected chi connectivity index (χ4v) is 2.22. The highest BCUT2D eigenvalue weighted by Crippen LogP contribution is 2.24. The molecule has 0 aliphatic carbocycles. The number of methoxy groups -OCH3 is 1. The highest BCUT2D eigenvalue weighted by molar-refractivity contribution is 9.10. The van der Waals surface area contributed by atoms with Gasteiger partial charge < -0.3 is 9.84 Å².